The second-order valence-electron chi connectivity index (χ2n) is 8.56. The van der Waals surface area contributed by atoms with Gasteiger partial charge in [-0.15, -0.1) is 14.3 Å². The SMILES string of the molecule is CCn1cnc(NC(=O)c2cc3c(nc2OC)nc(C(c2ccccc2F)c2ccccc2P)n3CC)n1. The van der Waals surface area contributed by atoms with Crippen LogP contribution in [0.2, 0.25) is 0 Å². The van der Waals surface area contributed by atoms with Crippen molar-refractivity contribution in [3.63, 3.8) is 0 Å². The largest absolute Gasteiger partial charge is 0.480 e. The van der Waals surface area contributed by atoms with Crippen molar-refractivity contribution in [3.8, 4) is 5.88 Å². The van der Waals surface area contributed by atoms with Gasteiger partial charge in [-0.05, 0) is 36.8 Å². The highest BCUT2D eigenvalue weighted by molar-refractivity contribution is 7.27. The molecule has 0 spiro atoms. The number of aryl methyl sites for hydroxylation is 2. The van der Waals surface area contributed by atoms with Crippen molar-refractivity contribution in [2.24, 2.45) is 0 Å². The van der Waals surface area contributed by atoms with Gasteiger partial charge in [0.05, 0.1) is 18.5 Å². The van der Waals surface area contributed by atoms with E-state index in [0.717, 1.165) is 10.9 Å². The zero-order valence-electron chi connectivity index (χ0n) is 21.2. The van der Waals surface area contributed by atoms with Crippen LogP contribution in [0.4, 0.5) is 10.3 Å². The Balaban J connectivity index is 1.68. The highest BCUT2D eigenvalue weighted by Crippen LogP contribution is 2.35. The Morgan fingerprint density at radius 3 is 2.47 bits per heavy atom. The van der Waals surface area contributed by atoms with Gasteiger partial charge in [0.25, 0.3) is 5.91 Å². The number of carbonyl (C=O) groups excluding carboxylic acids is 1. The Morgan fingerprint density at radius 1 is 1.08 bits per heavy atom. The Bertz CT molecular complexity index is 1590. The topological polar surface area (TPSA) is 99.8 Å². The first-order chi connectivity index (χ1) is 18.4. The number of hydrogen-bond acceptors (Lipinski definition) is 6. The number of pyridine rings is 1. The van der Waals surface area contributed by atoms with Crippen molar-refractivity contribution in [3.05, 3.63) is 89.3 Å². The number of amides is 1. The number of ether oxygens (including phenoxy) is 1. The summed E-state index contributed by atoms with van der Waals surface area (Å²) in [5.41, 5.74) is 2.63. The number of nitrogens with zero attached hydrogens (tertiary/aromatic N) is 6. The van der Waals surface area contributed by atoms with E-state index in [1.165, 1.54) is 13.2 Å². The number of fused-ring (bicyclic) bond motifs is 1. The number of nitrogens with one attached hydrogen (secondary N) is 1. The fourth-order valence-electron chi connectivity index (χ4n) is 4.52. The first-order valence-electron chi connectivity index (χ1n) is 12.2. The highest BCUT2D eigenvalue weighted by Gasteiger charge is 2.29. The lowest BCUT2D eigenvalue weighted by atomic mass is 9.90. The molecular formula is C27H27FN7O2P. The summed E-state index contributed by atoms with van der Waals surface area (Å²) in [6.45, 7) is 5.05. The number of rotatable bonds is 8. The van der Waals surface area contributed by atoms with Crippen LogP contribution in [0.5, 0.6) is 5.88 Å². The van der Waals surface area contributed by atoms with Crippen LogP contribution < -0.4 is 15.4 Å². The third-order valence-electron chi connectivity index (χ3n) is 6.36. The van der Waals surface area contributed by atoms with E-state index in [4.69, 9.17) is 9.72 Å². The summed E-state index contributed by atoms with van der Waals surface area (Å²) < 4.78 is 24.2. The Labute approximate surface area is 221 Å². The fourth-order valence-corrected chi connectivity index (χ4v) is 4.90. The number of halogens is 1. The minimum atomic E-state index is -0.510. The lowest BCUT2D eigenvalue weighted by Gasteiger charge is -2.21. The predicted octanol–water partition coefficient (Wildman–Crippen LogP) is 4.14. The van der Waals surface area contributed by atoms with E-state index < -0.39 is 11.8 Å². The molecule has 5 aromatic rings. The molecule has 38 heavy (non-hydrogen) atoms. The number of aromatic nitrogens is 6. The Hall–Kier alpha value is -4.17. The first-order valence-corrected chi connectivity index (χ1v) is 12.8. The zero-order chi connectivity index (χ0) is 26.8. The van der Waals surface area contributed by atoms with Gasteiger partial charge in [-0.3, -0.25) is 14.8 Å². The third-order valence-corrected chi connectivity index (χ3v) is 6.88. The van der Waals surface area contributed by atoms with Gasteiger partial charge >= 0.3 is 0 Å². The molecule has 0 saturated heterocycles. The van der Waals surface area contributed by atoms with Crippen LogP contribution in [-0.4, -0.2) is 42.3 Å². The van der Waals surface area contributed by atoms with E-state index in [1.807, 2.05) is 48.7 Å². The highest BCUT2D eigenvalue weighted by atomic mass is 31.0. The van der Waals surface area contributed by atoms with E-state index in [-0.39, 0.29) is 23.2 Å². The molecule has 2 unspecified atom stereocenters. The van der Waals surface area contributed by atoms with Gasteiger partial charge in [0.15, 0.2) is 5.65 Å². The summed E-state index contributed by atoms with van der Waals surface area (Å²) in [5.74, 6) is -0.393. The second kappa shape index (κ2) is 10.7. The molecule has 0 fully saturated rings. The van der Waals surface area contributed by atoms with Crippen molar-refractivity contribution in [1.82, 2.24) is 29.3 Å². The van der Waals surface area contributed by atoms with E-state index in [1.54, 1.807) is 29.2 Å². The van der Waals surface area contributed by atoms with Gasteiger partial charge < -0.3 is 9.30 Å². The summed E-state index contributed by atoms with van der Waals surface area (Å²) in [5, 5.41) is 7.85. The number of hydrogen-bond donors (Lipinski definition) is 1. The van der Waals surface area contributed by atoms with Gasteiger partial charge in [-0.2, -0.15) is 4.98 Å². The van der Waals surface area contributed by atoms with Gasteiger partial charge in [0, 0.05) is 18.7 Å². The smallest absolute Gasteiger partial charge is 0.263 e. The van der Waals surface area contributed by atoms with Gasteiger partial charge in [-0.1, -0.05) is 42.5 Å². The minimum absolute atomic E-state index is 0.117. The molecule has 2 atom stereocenters. The molecular weight excluding hydrogens is 504 g/mol. The van der Waals surface area contributed by atoms with Gasteiger partial charge in [0.2, 0.25) is 11.8 Å². The lowest BCUT2D eigenvalue weighted by molar-refractivity contribution is 0.102. The standard InChI is InChI=1S/C27H27FN7O2P/c1-4-34-15-29-27(33-34)32-25(36)18-14-20-23(31-26(18)37-3)30-24(35(20)5-2)22(16-10-6-8-12-19(16)28)17-11-7-9-13-21(17)38/h6-15,22H,4-5,38H2,1-3H3,(H,32,33,36). The summed E-state index contributed by atoms with van der Waals surface area (Å²) in [6.07, 6.45) is 1.54. The van der Waals surface area contributed by atoms with Crippen LogP contribution in [-0.2, 0) is 13.1 Å². The Morgan fingerprint density at radius 2 is 1.82 bits per heavy atom. The summed E-state index contributed by atoms with van der Waals surface area (Å²) in [7, 11) is 4.17. The minimum Gasteiger partial charge on any atom is -0.480 e. The molecule has 0 bridgehead atoms. The molecule has 0 saturated carbocycles. The van der Waals surface area contributed by atoms with Crippen LogP contribution >= 0.6 is 9.24 Å². The normalized spacial score (nSPS) is 12.0. The molecule has 0 aliphatic carbocycles. The molecule has 11 heteroatoms. The maximum Gasteiger partial charge on any atom is 0.263 e. The number of benzene rings is 2. The number of imidazole rings is 1. The second-order valence-corrected chi connectivity index (χ2v) is 9.19. The first kappa shape index (κ1) is 25.5. The Kier molecular flexibility index (Phi) is 7.15. The lowest BCUT2D eigenvalue weighted by Crippen LogP contribution is -2.17. The molecule has 3 aromatic heterocycles. The van der Waals surface area contributed by atoms with Crippen molar-refractivity contribution < 1.29 is 13.9 Å². The van der Waals surface area contributed by atoms with Crippen LogP contribution in [0.25, 0.3) is 11.2 Å². The number of anilines is 1. The molecule has 9 nitrogen and oxygen atoms in total. The van der Waals surface area contributed by atoms with Crippen LogP contribution in [0.15, 0.2) is 60.9 Å². The number of carbonyl (C=O) groups is 1. The summed E-state index contributed by atoms with van der Waals surface area (Å²) >= 11 is 0. The van der Waals surface area contributed by atoms with Crippen LogP contribution in [0.1, 0.15) is 47.1 Å². The molecule has 194 valence electrons. The average Bonchev–Trinajstić information content (AvgIpc) is 3.53. The third kappa shape index (κ3) is 4.63. The van der Waals surface area contributed by atoms with Crippen molar-refractivity contribution >= 4 is 37.6 Å². The van der Waals surface area contributed by atoms with Crippen molar-refractivity contribution in [2.45, 2.75) is 32.9 Å². The van der Waals surface area contributed by atoms with E-state index in [9.17, 15) is 4.79 Å². The summed E-state index contributed by atoms with van der Waals surface area (Å²) in [6, 6.07) is 16.2. The predicted molar refractivity (Wildman–Crippen MR) is 147 cm³/mol. The molecule has 0 aliphatic heterocycles. The van der Waals surface area contributed by atoms with E-state index in [2.05, 4.69) is 29.6 Å². The monoisotopic (exact) mass is 531 g/mol. The van der Waals surface area contributed by atoms with Crippen molar-refractivity contribution in [2.75, 3.05) is 12.4 Å². The maximum atomic E-state index is 15.2. The fraction of sp³-hybridized carbons (Fsp3) is 0.222. The van der Waals surface area contributed by atoms with E-state index >= 15 is 4.39 Å². The summed E-state index contributed by atoms with van der Waals surface area (Å²) in [4.78, 5) is 26.7. The van der Waals surface area contributed by atoms with E-state index in [0.29, 0.717) is 35.6 Å². The molecule has 3 heterocycles. The van der Waals surface area contributed by atoms with Crippen molar-refractivity contribution in [1.29, 1.82) is 0 Å². The average molecular weight is 532 g/mol. The molecule has 5 rings (SSSR count). The molecule has 1 N–H and O–H groups in total. The molecule has 1 amide bonds. The zero-order valence-corrected chi connectivity index (χ0v) is 22.4. The quantitative estimate of drug-likeness (QED) is 0.302. The van der Waals surface area contributed by atoms with Crippen LogP contribution in [0, 0.1) is 5.82 Å². The van der Waals surface area contributed by atoms with Gasteiger partial charge in [-0.25, -0.2) is 14.4 Å². The molecule has 2 aromatic carbocycles. The van der Waals surface area contributed by atoms with Crippen LogP contribution in [0.3, 0.4) is 0 Å². The number of methoxy groups -OCH3 is 1. The van der Waals surface area contributed by atoms with Gasteiger partial charge in [0.1, 0.15) is 23.5 Å². The molecule has 0 aliphatic rings. The molecule has 0 radical (unpaired) electrons. The maximum absolute atomic E-state index is 15.2.